The summed E-state index contributed by atoms with van der Waals surface area (Å²) < 4.78 is 10.7. The van der Waals surface area contributed by atoms with E-state index in [9.17, 15) is 5.11 Å². The minimum atomic E-state index is -0.559. The van der Waals surface area contributed by atoms with Crippen molar-refractivity contribution in [1.82, 2.24) is 10.2 Å². The molecule has 0 bridgehead atoms. The molecule has 1 aliphatic heterocycles. The number of nitrogens with two attached hydrogens (primary N) is 1. The zero-order valence-electron chi connectivity index (χ0n) is 14.6. The molecule has 0 spiro atoms. The predicted molar refractivity (Wildman–Crippen MR) is 94.7 cm³/mol. The molecule has 6 nitrogen and oxygen atoms in total. The first-order chi connectivity index (χ1) is 11.6. The molecule has 0 saturated heterocycles. The number of nitrogens with one attached hydrogen (secondary N) is 1. The fourth-order valence-corrected chi connectivity index (χ4v) is 2.84. The number of β-amino-alcohol motifs (C(OH)–C–C–N with tert-alkyl or cyclic N) is 1. The lowest BCUT2D eigenvalue weighted by Crippen LogP contribution is -2.39. The van der Waals surface area contributed by atoms with E-state index in [1.807, 2.05) is 31.3 Å². The second kappa shape index (κ2) is 9.52. The summed E-state index contributed by atoms with van der Waals surface area (Å²) in [5.74, 6) is 0.776. The Morgan fingerprint density at radius 3 is 2.92 bits per heavy atom. The molecule has 1 aliphatic rings. The second-order valence-corrected chi connectivity index (χ2v) is 6.02. The van der Waals surface area contributed by atoms with Crippen molar-refractivity contribution in [3.05, 3.63) is 41.2 Å². The maximum absolute atomic E-state index is 10.5. The number of nitrogens with zero attached hydrogens (tertiary/aromatic N) is 1. The molecule has 0 aromatic heterocycles. The monoisotopic (exact) mass is 335 g/mol. The number of rotatable bonds is 9. The minimum absolute atomic E-state index is 0.559. The lowest BCUT2D eigenvalue weighted by Gasteiger charge is -2.30. The predicted octanol–water partition coefficient (Wildman–Crippen LogP) is 1.23. The number of methoxy groups -OCH3 is 1. The lowest BCUT2D eigenvalue weighted by molar-refractivity contribution is 0.114. The Balaban J connectivity index is 1.88. The Kier molecular flexibility index (Phi) is 7.36. The highest BCUT2D eigenvalue weighted by Gasteiger charge is 2.20. The van der Waals surface area contributed by atoms with Crippen molar-refractivity contribution < 1.29 is 14.6 Å². The molecule has 1 aromatic carbocycles. The second-order valence-electron chi connectivity index (χ2n) is 6.02. The van der Waals surface area contributed by atoms with Gasteiger partial charge in [0, 0.05) is 64.6 Å². The van der Waals surface area contributed by atoms with E-state index in [4.69, 9.17) is 15.2 Å². The zero-order valence-corrected chi connectivity index (χ0v) is 14.6. The molecule has 1 unspecified atom stereocenters. The quantitative estimate of drug-likeness (QED) is 0.589. The van der Waals surface area contributed by atoms with Crippen LogP contribution in [0, 0.1) is 0 Å². The van der Waals surface area contributed by atoms with Crippen LogP contribution in [0.5, 0.6) is 5.75 Å². The van der Waals surface area contributed by atoms with E-state index >= 15 is 0 Å². The third kappa shape index (κ3) is 5.40. The van der Waals surface area contributed by atoms with Crippen molar-refractivity contribution in [2.45, 2.75) is 18.9 Å². The highest BCUT2D eigenvalue weighted by atomic mass is 16.5. The van der Waals surface area contributed by atoms with E-state index < -0.39 is 6.10 Å². The van der Waals surface area contributed by atoms with Crippen LogP contribution in [0.3, 0.4) is 0 Å². The molecule has 0 saturated carbocycles. The van der Waals surface area contributed by atoms with Gasteiger partial charge in [0.2, 0.25) is 0 Å². The Labute approximate surface area is 144 Å². The van der Waals surface area contributed by atoms with Crippen LogP contribution in [0.4, 0.5) is 0 Å². The SMILES string of the molecule is CNC1=C(N)CN(CC(O)c2cccc(OCCCOC)c2)CC1. The van der Waals surface area contributed by atoms with Gasteiger partial charge in [-0.1, -0.05) is 12.1 Å². The first-order valence-corrected chi connectivity index (χ1v) is 8.41. The average Bonchev–Trinajstić information content (AvgIpc) is 2.59. The number of hydrogen-bond donors (Lipinski definition) is 3. The standard InChI is InChI=1S/C18H29N3O3/c1-20-17-7-8-21(12-16(17)19)13-18(22)14-5-3-6-15(11-14)24-10-4-9-23-2/h3,5-6,11,18,20,22H,4,7-10,12-13,19H2,1-2H3. The smallest absolute Gasteiger partial charge is 0.119 e. The van der Waals surface area contributed by atoms with Crippen molar-refractivity contribution in [2.75, 3.05) is 47.0 Å². The van der Waals surface area contributed by atoms with E-state index in [-0.39, 0.29) is 0 Å². The number of hydrogen-bond acceptors (Lipinski definition) is 6. The van der Waals surface area contributed by atoms with Gasteiger partial charge in [-0.05, 0) is 17.7 Å². The molecular weight excluding hydrogens is 306 g/mol. The molecule has 1 aromatic rings. The highest BCUT2D eigenvalue weighted by Crippen LogP contribution is 2.22. The number of ether oxygens (including phenoxy) is 2. The molecular formula is C18H29N3O3. The van der Waals surface area contributed by atoms with Crippen LogP contribution in [0.1, 0.15) is 24.5 Å². The average molecular weight is 335 g/mol. The maximum Gasteiger partial charge on any atom is 0.119 e. The summed E-state index contributed by atoms with van der Waals surface area (Å²) in [6.45, 7) is 3.42. The summed E-state index contributed by atoms with van der Waals surface area (Å²) in [6, 6.07) is 7.64. The van der Waals surface area contributed by atoms with Gasteiger partial charge < -0.3 is 25.6 Å². The summed E-state index contributed by atoms with van der Waals surface area (Å²) in [6.07, 6.45) is 1.17. The lowest BCUT2D eigenvalue weighted by atomic mass is 10.1. The largest absolute Gasteiger partial charge is 0.493 e. The molecule has 0 aliphatic carbocycles. The molecule has 2 rings (SSSR count). The van der Waals surface area contributed by atoms with E-state index in [1.165, 1.54) is 0 Å². The van der Waals surface area contributed by atoms with Crippen LogP contribution in [0.15, 0.2) is 35.7 Å². The van der Waals surface area contributed by atoms with E-state index in [0.717, 1.165) is 42.1 Å². The van der Waals surface area contributed by atoms with Gasteiger partial charge in [0.1, 0.15) is 5.75 Å². The molecule has 24 heavy (non-hydrogen) atoms. The Morgan fingerprint density at radius 1 is 1.38 bits per heavy atom. The molecule has 6 heteroatoms. The maximum atomic E-state index is 10.5. The molecule has 0 fully saturated rings. The fourth-order valence-electron chi connectivity index (χ4n) is 2.84. The van der Waals surface area contributed by atoms with Gasteiger partial charge in [-0.25, -0.2) is 0 Å². The number of aliphatic hydroxyl groups excluding tert-OH is 1. The summed E-state index contributed by atoms with van der Waals surface area (Å²) >= 11 is 0. The van der Waals surface area contributed by atoms with Gasteiger partial charge >= 0.3 is 0 Å². The van der Waals surface area contributed by atoms with E-state index in [2.05, 4.69) is 10.2 Å². The summed E-state index contributed by atoms with van der Waals surface area (Å²) in [5, 5.41) is 13.7. The third-order valence-corrected chi connectivity index (χ3v) is 4.20. The number of benzene rings is 1. The van der Waals surface area contributed by atoms with Gasteiger partial charge in [-0.15, -0.1) is 0 Å². The van der Waals surface area contributed by atoms with Crippen molar-refractivity contribution in [2.24, 2.45) is 5.73 Å². The topological polar surface area (TPSA) is 80.0 Å². The fraction of sp³-hybridized carbons (Fsp3) is 0.556. The van der Waals surface area contributed by atoms with Gasteiger partial charge in [-0.3, -0.25) is 4.90 Å². The normalized spacial score (nSPS) is 17.0. The Hall–Kier alpha value is -1.76. The van der Waals surface area contributed by atoms with Crippen LogP contribution in [0.2, 0.25) is 0 Å². The molecule has 0 amide bonds. The van der Waals surface area contributed by atoms with Crippen molar-refractivity contribution in [3.63, 3.8) is 0 Å². The van der Waals surface area contributed by atoms with Gasteiger partial charge in [-0.2, -0.15) is 0 Å². The van der Waals surface area contributed by atoms with Gasteiger partial charge in [0.25, 0.3) is 0 Å². The molecule has 0 radical (unpaired) electrons. The molecule has 1 heterocycles. The third-order valence-electron chi connectivity index (χ3n) is 4.20. The van der Waals surface area contributed by atoms with Gasteiger partial charge in [0.15, 0.2) is 0 Å². The molecule has 134 valence electrons. The van der Waals surface area contributed by atoms with Crippen molar-refractivity contribution in [3.8, 4) is 5.75 Å². The van der Waals surface area contributed by atoms with Gasteiger partial charge in [0.05, 0.1) is 12.7 Å². The summed E-state index contributed by atoms with van der Waals surface area (Å²) in [7, 11) is 3.57. The summed E-state index contributed by atoms with van der Waals surface area (Å²) in [5.41, 5.74) is 8.88. The number of aliphatic hydroxyl groups is 1. The van der Waals surface area contributed by atoms with E-state index in [1.54, 1.807) is 7.11 Å². The zero-order chi connectivity index (χ0) is 17.4. The van der Waals surface area contributed by atoms with Crippen LogP contribution in [-0.2, 0) is 4.74 Å². The van der Waals surface area contributed by atoms with Crippen molar-refractivity contribution >= 4 is 0 Å². The Bertz CT molecular complexity index is 548. The van der Waals surface area contributed by atoms with Crippen LogP contribution >= 0.6 is 0 Å². The van der Waals surface area contributed by atoms with Crippen LogP contribution in [-0.4, -0.2) is 57.0 Å². The first kappa shape index (κ1) is 18.6. The Morgan fingerprint density at radius 2 is 2.21 bits per heavy atom. The molecule has 4 N–H and O–H groups in total. The first-order valence-electron chi connectivity index (χ1n) is 8.41. The van der Waals surface area contributed by atoms with Crippen LogP contribution in [0.25, 0.3) is 0 Å². The van der Waals surface area contributed by atoms with E-state index in [0.29, 0.717) is 26.3 Å². The highest BCUT2D eigenvalue weighted by molar-refractivity contribution is 5.30. The van der Waals surface area contributed by atoms with Crippen LogP contribution < -0.4 is 15.8 Å². The summed E-state index contributed by atoms with van der Waals surface area (Å²) in [4.78, 5) is 2.17. The van der Waals surface area contributed by atoms with Crippen molar-refractivity contribution in [1.29, 1.82) is 0 Å². The minimum Gasteiger partial charge on any atom is -0.493 e. The molecule has 1 atom stereocenters.